The van der Waals surface area contributed by atoms with Crippen molar-refractivity contribution in [2.24, 2.45) is 5.41 Å². The summed E-state index contributed by atoms with van der Waals surface area (Å²) in [4.78, 5) is 26.0. The van der Waals surface area contributed by atoms with Crippen molar-refractivity contribution in [3.8, 4) is 17.2 Å². The summed E-state index contributed by atoms with van der Waals surface area (Å²) >= 11 is 0. The number of hydrogen-bond donors (Lipinski definition) is 1. The second-order valence-electron chi connectivity index (χ2n) is 7.50. The molecule has 0 saturated heterocycles. The number of hydrogen-bond acceptors (Lipinski definition) is 6. The summed E-state index contributed by atoms with van der Waals surface area (Å²) in [5, 5.41) is 2.79. The van der Waals surface area contributed by atoms with Gasteiger partial charge in [0.2, 0.25) is 11.7 Å². The zero-order valence-corrected chi connectivity index (χ0v) is 18.7. The van der Waals surface area contributed by atoms with Crippen molar-refractivity contribution in [3.05, 3.63) is 53.3 Å². The van der Waals surface area contributed by atoms with Crippen LogP contribution >= 0.6 is 0 Å². The molecule has 0 aliphatic heterocycles. The van der Waals surface area contributed by atoms with E-state index >= 15 is 0 Å². The Morgan fingerprint density at radius 1 is 1.09 bits per heavy atom. The van der Waals surface area contributed by atoms with Crippen LogP contribution in [0, 0.1) is 11.2 Å². The highest BCUT2D eigenvalue weighted by Gasteiger charge is 2.67. The van der Waals surface area contributed by atoms with Gasteiger partial charge in [0.15, 0.2) is 16.9 Å². The van der Waals surface area contributed by atoms with Crippen molar-refractivity contribution in [1.29, 1.82) is 0 Å². The van der Waals surface area contributed by atoms with Gasteiger partial charge in [0.25, 0.3) is 0 Å². The standard InChI is InChI=1S/C24H28FNO6/c1-5-32-23(28)24(22(27)26-11-10-15-8-6-7-9-18(15)25)14-17(24)16-12-19(29-2)21(31-4)20(13-16)30-3/h6-9,12-13,17H,5,10-11,14H2,1-4H3,(H,26,27)/t17-,24+/m0/s1. The number of nitrogens with one attached hydrogen (secondary N) is 1. The molecular formula is C24H28FNO6. The van der Waals surface area contributed by atoms with E-state index in [0.717, 1.165) is 0 Å². The van der Waals surface area contributed by atoms with Crippen molar-refractivity contribution in [1.82, 2.24) is 5.32 Å². The minimum atomic E-state index is -1.35. The normalized spacial score (nSPS) is 19.1. The molecule has 0 spiro atoms. The monoisotopic (exact) mass is 445 g/mol. The molecule has 1 fully saturated rings. The fourth-order valence-corrected chi connectivity index (χ4v) is 3.97. The number of carbonyl (C=O) groups excluding carboxylic acids is 2. The molecule has 1 aliphatic rings. The Hall–Kier alpha value is -3.29. The second-order valence-corrected chi connectivity index (χ2v) is 7.50. The number of ether oxygens (including phenoxy) is 4. The summed E-state index contributed by atoms with van der Waals surface area (Å²) in [7, 11) is 4.51. The number of rotatable bonds is 10. The zero-order chi connectivity index (χ0) is 23.3. The molecule has 0 heterocycles. The Kier molecular flexibility index (Phi) is 7.22. The van der Waals surface area contributed by atoms with Gasteiger partial charge in [-0.15, -0.1) is 0 Å². The summed E-state index contributed by atoms with van der Waals surface area (Å²) in [5.74, 6) is -0.464. The molecule has 0 unspecified atom stereocenters. The van der Waals surface area contributed by atoms with Gasteiger partial charge in [-0.25, -0.2) is 4.39 Å². The average Bonchev–Trinajstić information content (AvgIpc) is 3.56. The minimum Gasteiger partial charge on any atom is -0.493 e. The van der Waals surface area contributed by atoms with Gasteiger partial charge in [0.1, 0.15) is 5.82 Å². The lowest BCUT2D eigenvalue weighted by Crippen LogP contribution is -2.40. The van der Waals surface area contributed by atoms with Crippen LogP contribution in [0.2, 0.25) is 0 Å². The number of benzene rings is 2. The average molecular weight is 445 g/mol. The van der Waals surface area contributed by atoms with Crippen molar-refractivity contribution in [3.63, 3.8) is 0 Å². The molecule has 172 valence electrons. The molecular weight excluding hydrogens is 417 g/mol. The quantitative estimate of drug-likeness (QED) is 0.447. The predicted molar refractivity (Wildman–Crippen MR) is 116 cm³/mol. The third-order valence-corrected chi connectivity index (χ3v) is 5.73. The third-order valence-electron chi connectivity index (χ3n) is 5.73. The van der Waals surface area contributed by atoms with Crippen LogP contribution in [0.5, 0.6) is 17.2 Å². The van der Waals surface area contributed by atoms with Crippen LogP contribution < -0.4 is 19.5 Å². The van der Waals surface area contributed by atoms with Crippen molar-refractivity contribution >= 4 is 11.9 Å². The maximum atomic E-state index is 13.9. The molecule has 1 N–H and O–H groups in total. The smallest absolute Gasteiger partial charge is 0.322 e. The van der Waals surface area contributed by atoms with Crippen LogP contribution in [0.1, 0.15) is 30.4 Å². The van der Waals surface area contributed by atoms with E-state index in [2.05, 4.69) is 5.32 Å². The summed E-state index contributed by atoms with van der Waals surface area (Å²) in [6.45, 7) is 2.05. The molecule has 1 aliphatic carbocycles. The van der Waals surface area contributed by atoms with Crippen LogP contribution in [-0.2, 0) is 20.7 Å². The number of esters is 1. The van der Waals surface area contributed by atoms with E-state index in [9.17, 15) is 14.0 Å². The molecule has 2 aromatic rings. The molecule has 7 nitrogen and oxygen atoms in total. The van der Waals surface area contributed by atoms with Gasteiger partial charge in [0, 0.05) is 12.5 Å². The van der Waals surface area contributed by atoms with E-state index in [-0.39, 0.29) is 25.4 Å². The number of halogens is 1. The summed E-state index contributed by atoms with van der Waals surface area (Å²) in [5.41, 5.74) is -0.151. The number of carbonyl (C=O) groups is 2. The number of methoxy groups -OCH3 is 3. The molecule has 3 rings (SSSR count). The van der Waals surface area contributed by atoms with E-state index in [1.54, 1.807) is 37.3 Å². The highest BCUT2D eigenvalue weighted by molar-refractivity contribution is 6.07. The van der Waals surface area contributed by atoms with Crippen molar-refractivity contribution in [2.45, 2.75) is 25.7 Å². The largest absolute Gasteiger partial charge is 0.493 e. The zero-order valence-electron chi connectivity index (χ0n) is 18.7. The summed E-state index contributed by atoms with van der Waals surface area (Å²) < 4.78 is 35.2. The summed E-state index contributed by atoms with van der Waals surface area (Å²) in [6.07, 6.45) is 0.599. The fourth-order valence-electron chi connectivity index (χ4n) is 3.97. The molecule has 0 aromatic heterocycles. The SMILES string of the molecule is CCOC(=O)[C@]1(C(=O)NCCc2ccccc2F)C[C@H]1c1cc(OC)c(OC)c(OC)c1. The van der Waals surface area contributed by atoms with E-state index in [0.29, 0.717) is 34.8 Å². The highest BCUT2D eigenvalue weighted by Crippen LogP contribution is 2.61. The first-order valence-electron chi connectivity index (χ1n) is 10.4. The predicted octanol–water partition coefficient (Wildman–Crippen LogP) is 3.25. The molecule has 8 heteroatoms. The molecule has 2 aromatic carbocycles. The van der Waals surface area contributed by atoms with Gasteiger partial charge in [-0.1, -0.05) is 18.2 Å². The highest BCUT2D eigenvalue weighted by atomic mass is 19.1. The van der Waals surface area contributed by atoms with Crippen LogP contribution in [0.25, 0.3) is 0 Å². The first-order chi connectivity index (χ1) is 15.4. The van der Waals surface area contributed by atoms with E-state index in [4.69, 9.17) is 18.9 Å². The molecule has 0 bridgehead atoms. The van der Waals surface area contributed by atoms with Gasteiger partial charge < -0.3 is 24.3 Å². The van der Waals surface area contributed by atoms with E-state index in [1.165, 1.54) is 27.4 Å². The molecule has 0 radical (unpaired) electrons. The Labute approximate surface area is 186 Å². The topological polar surface area (TPSA) is 83.1 Å². The van der Waals surface area contributed by atoms with Gasteiger partial charge in [-0.3, -0.25) is 9.59 Å². The fraction of sp³-hybridized carbons (Fsp3) is 0.417. The first-order valence-corrected chi connectivity index (χ1v) is 10.4. The maximum Gasteiger partial charge on any atom is 0.322 e. The van der Waals surface area contributed by atoms with Gasteiger partial charge in [-0.05, 0) is 49.1 Å². The van der Waals surface area contributed by atoms with Crippen LogP contribution in [-0.4, -0.2) is 46.4 Å². The third kappa shape index (κ3) is 4.35. The maximum absolute atomic E-state index is 13.9. The van der Waals surface area contributed by atoms with Gasteiger partial charge in [0.05, 0.1) is 27.9 Å². The molecule has 1 amide bonds. The molecule has 32 heavy (non-hydrogen) atoms. The lowest BCUT2D eigenvalue weighted by Gasteiger charge is -2.18. The van der Waals surface area contributed by atoms with Crippen LogP contribution in [0.4, 0.5) is 4.39 Å². The Bertz CT molecular complexity index is 969. The Balaban J connectivity index is 1.83. The Morgan fingerprint density at radius 2 is 1.75 bits per heavy atom. The van der Waals surface area contributed by atoms with Crippen LogP contribution in [0.3, 0.4) is 0 Å². The van der Waals surface area contributed by atoms with Crippen molar-refractivity contribution in [2.75, 3.05) is 34.5 Å². The summed E-state index contributed by atoms with van der Waals surface area (Å²) in [6, 6.07) is 9.86. The lowest BCUT2D eigenvalue weighted by atomic mass is 9.97. The first kappa shape index (κ1) is 23.4. The lowest BCUT2D eigenvalue weighted by molar-refractivity contribution is -0.154. The van der Waals surface area contributed by atoms with Crippen LogP contribution in [0.15, 0.2) is 36.4 Å². The van der Waals surface area contributed by atoms with E-state index in [1.807, 2.05) is 0 Å². The number of amides is 1. The molecule has 1 saturated carbocycles. The van der Waals surface area contributed by atoms with Crippen molar-refractivity contribution < 1.29 is 32.9 Å². The van der Waals surface area contributed by atoms with Gasteiger partial charge in [-0.2, -0.15) is 0 Å². The second kappa shape index (κ2) is 9.89. The minimum absolute atomic E-state index is 0.158. The Morgan fingerprint density at radius 3 is 2.31 bits per heavy atom. The van der Waals surface area contributed by atoms with E-state index < -0.39 is 23.2 Å². The van der Waals surface area contributed by atoms with Gasteiger partial charge >= 0.3 is 5.97 Å². The molecule has 2 atom stereocenters.